The zero-order valence-electron chi connectivity index (χ0n) is 11.8. The standard InChI is InChI=1S/C15H15N3OS2/c1-8-9(2)21-15-13(8)14(16)17-12(18-15)7-20-11-5-3-4-10(19)6-11/h3-6,19H,7H2,1-2H3,(H2,16,17,18). The number of aryl methyl sites for hydroxylation is 2. The normalized spacial score (nSPS) is 11.1. The van der Waals surface area contributed by atoms with Gasteiger partial charge in [-0.05, 0) is 37.6 Å². The summed E-state index contributed by atoms with van der Waals surface area (Å²) in [5.74, 6) is 2.16. The number of nitrogen functional groups attached to an aromatic ring is 1. The molecule has 0 amide bonds. The van der Waals surface area contributed by atoms with Gasteiger partial charge in [-0.1, -0.05) is 6.07 Å². The molecule has 2 aromatic heterocycles. The number of aromatic nitrogens is 2. The van der Waals surface area contributed by atoms with Crippen LogP contribution in [0.25, 0.3) is 10.2 Å². The predicted octanol–water partition coefficient (Wildman–Crippen LogP) is 3.89. The summed E-state index contributed by atoms with van der Waals surface area (Å²) >= 11 is 3.23. The summed E-state index contributed by atoms with van der Waals surface area (Å²) in [6.07, 6.45) is 0. The Kier molecular flexibility index (Phi) is 3.73. The largest absolute Gasteiger partial charge is 0.508 e. The number of hydrogen-bond acceptors (Lipinski definition) is 6. The van der Waals surface area contributed by atoms with Gasteiger partial charge in [-0.15, -0.1) is 23.1 Å². The summed E-state index contributed by atoms with van der Waals surface area (Å²) in [5, 5.41) is 10.4. The van der Waals surface area contributed by atoms with Crippen LogP contribution >= 0.6 is 23.1 Å². The molecule has 0 unspecified atom stereocenters. The molecule has 3 rings (SSSR count). The first-order valence-electron chi connectivity index (χ1n) is 6.48. The van der Waals surface area contributed by atoms with E-state index in [0.29, 0.717) is 11.6 Å². The van der Waals surface area contributed by atoms with Gasteiger partial charge < -0.3 is 10.8 Å². The van der Waals surface area contributed by atoms with Crippen molar-refractivity contribution in [3.05, 3.63) is 40.5 Å². The Bertz CT molecular complexity index is 814. The highest BCUT2D eigenvalue weighted by atomic mass is 32.2. The van der Waals surface area contributed by atoms with Crippen molar-refractivity contribution >= 4 is 39.1 Å². The lowest BCUT2D eigenvalue weighted by atomic mass is 10.2. The fraction of sp³-hybridized carbons (Fsp3) is 0.200. The number of phenols is 1. The van der Waals surface area contributed by atoms with Crippen LogP contribution in [0.4, 0.5) is 5.82 Å². The predicted molar refractivity (Wildman–Crippen MR) is 89.0 cm³/mol. The molecule has 0 aliphatic heterocycles. The molecule has 21 heavy (non-hydrogen) atoms. The summed E-state index contributed by atoms with van der Waals surface area (Å²) in [6, 6.07) is 7.15. The van der Waals surface area contributed by atoms with E-state index in [1.54, 1.807) is 35.2 Å². The van der Waals surface area contributed by atoms with Crippen LogP contribution in [0, 0.1) is 13.8 Å². The number of hydrogen-bond donors (Lipinski definition) is 2. The molecular formula is C15H15N3OS2. The van der Waals surface area contributed by atoms with Crippen molar-refractivity contribution in [3.8, 4) is 5.75 Å². The van der Waals surface area contributed by atoms with E-state index in [-0.39, 0.29) is 5.75 Å². The Morgan fingerprint density at radius 2 is 2.10 bits per heavy atom. The number of phenolic OH excluding ortho intramolecular Hbond substituents is 1. The van der Waals surface area contributed by atoms with E-state index in [1.165, 1.54) is 10.4 Å². The maximum atomic E-state index is 9.47. The van der Waals surface area contributed by atoms with Crippen LogP contribution in [0.2, 0.25) is 0 Å². The summed E-state index contributed by atoms with van der Waals surface area (Å²) in [7, 11) is 0. The minimum absolute atomic E-state index is 0.264. The number of rotatable bonds is 3. The van der Waals surface area contributed by atoms with E-state index in [2.05, 4.69) is 23.8 Å². The van der Waals surface area contributed by atoms with Crippen LogP contribution in [0.3, 0.4) is 0 Å². The first-order valence-corrected chi connectivity index (χ1v) is 8.28. The number of fused-ring (bicyclic) bond motifs is 1. The van der Waals surface area contributed by atoms with Gasteiger partial charge in [0.25, 0.3) is 0 Å². The molecule has 0 bridgehead atoms. The molecule has 0 aliphatic rings. The van der Waals surface area contributed by atoms with Gasteiger partial charge in [-0.25, -0.2) is 9.97 Å². The number of anilines is 1. The lowest BCUT2D eigenvalue weighted by Crippen LogP contribution is -1.99. The topological polar surface area (TPSA) is 72.0 Å². The lowest BCUT2D eigenvalue weighted by Gasteiger charge is -2.04. The van der Waals surface area contributed by atoms with Gasteiger partial charge >= 0.3 is 0 Å². The fourth-order valence-corrected chi connectivity index (χ4v) is 3.97. The Labute approximate surface area is 131 Å². The number of nitrogens with zero attached hydrogens (tertiary/aromatic N) is 2. The van der Waals surface area contributed by atoms with E-state index in [4.69, 9.17) is 5.73 Å². The fourth-order valence-electron chi connectivity index (χ4n) is 2.11. The monoisotopic (exact) mass is 317 g/mol. The van der Waals surface area contributed by atoms with E-state index >= 15 is 0 Å². The summed E-state index contributed by atoms with van der Waals surface area (Å²) in [5.41, 5.74) is 7.24. The second-order valence-corrected chi connectivity index (χ2v) is 7.03. The van der Waals surface area contributed by atoms with Crippen LogP contribution in [0.5, 0.6) is 5.75 Å². The molecule has 2 heterocycles. The van der Waals surface area contributed by atoms with Crippen molar-refractivity contribution in [1.82, 2.24) is 9.97 Å². The van der Waals surface area contributed by atoms with Gasteiger partial charge in [0, 0.05) is 9.77 Å². The molecule has 3 aromatic rings. The van der Waals surface area contributed by atoms with Crippen molar-refractivity contribution in [1.29, 1.82) is 0 Å². The third-order valence-electron chi connectivity index (χ3n) is 3.29. The van der Waals surface area contributed by atoms with E-state index < -0.39 is 0 Å². The second kappa shape index (κ2) is 5.54. The molecule has 6 heteroatoms. The smallest absolute Gasteiger partial charge is 0.142 e. The number of thiophene rings is 1. The molecule has 0 aliphatic carbocycles. The second-order valence-electron chi connectivity index (χ2n) is 4.77. The number of nitrogens with two attached hydrogens (primary N) is 1. The van der Waals surface area contributed by atoms with Gasteiger partial charge in [0.1, 0.15) is 22.2 Å². The van der Waals surface area contributed by atoms with Crippen molar-refractivity contribution < 1.29 is 5.11 Å². The van der Waals surface area contributed by atoms with Crippen molar-refractivity contribution in [3.63, 3.8) is 0 Å². The highest BCUT2D eigenvalue weighted by molar-refractivity contribution is 7.98. The van der Waals surface area contributed by atoms with Gasteiger partial charge in [-0.3, -0.25) is 0 Å². The lowest BCUT2D eigenvalue weighted by molar-refractivity contribution is 0.474. The van der Waals surface area contributed by atoms with Crippen LogP contribution < -0.4 is 5.73 Å². The molecule has 0 radical (unpaired) electrons. The van der Waals surface area contributed by atoms with Crippen molar-refractivity contribution in [2.75, 3.05) is 5.73 Å². The maximum absolute atomic E-state index is 9.47. The zero-order valence-corrected chi connectivity index (χ0v) is 13.4. The van der Waals surface area contributed by atoms with Gasteiger partial charge in [-0.2, -0.15) is 0 Å². The maximum Gasteiger partial charge on any atom is 0.142 e. The van der Waals surface area contributed by atoms with Gasteiger partial charge in [0.2, 0.25) is 0 Å². The quantitative estimate of drug-likeness (QED) is 0.717. The third-order valence-corrected chi connectivity index (χ3v) is 5.38. The van der Waals surface area contributed by atoms with E-state index in [9.17, 15) is 5.11 Å². The van der Waals surface area contributed by atoms with Crippen LogP contribution in [0.15, 0.2) is 29.2 Å². The first-order chi connectivity index (χ1) is 10.0. The molecule has 0 spiro atoms. The Hall–Kier alpha value is -1.79. The summed E-state index contributed by atoms with van der Waals surface area (Å²) < 4.78 is 0. The molecule has 0 saturated carbocycles. The molecule has 3 N–H and O–H groups in total. The van der Waals surface area contributed by atoms with Gasteiger partial charge in [0.05, 0.1) is 11.1 Å². The molecular weight excluding hydrogens is 302 g/mol. The average Bonchev–Trinajstić information content (AvgIpc) is 2.72. The Morgan fingerprint density at radius 3 is 2.86 bits per heavy atom. The minimum Gasteiger partial charge on any atom is -0.508 e. The highest BCUT2D eigenvalue weighted by Gasteiger charge is 2.12. The van der Waals surface area contributed by atoms with Crippen LogP contribution in [-0.2, 0) is 5.75 Å². The number of aromatic hydroxyl groups is 1. The average molecular weight is 317 g/mol. The highest BCUT2D eigenvalue weighted by Crippen LogP contribution is 2.33. The number of thioether (sulfide) groups is 1. The molecule has 4 nitrogen and oxygen atoms in total. The molecule has 108 valence electrons. The SMILES string of the molecule is Cc1sc2nc(CSc3cccc(O)c3)nc(N)c2c1C. The summed E-state index contributed by atoms with van der Waals surface area (Å²) in [4.78, 5) is 12.2. The van der Waals surface area contributed by atoms with E-state index in [1.807, 2.05) is 12.1 Å². The van der Waals surface area contributed by atoms with Crippen molar-refractivity contribution in [2.45, 2.75) is 24.5 Å². The Balaban J connectivity index is 1.88. The minimum atomic E-state index is 0.264. The van der Waals surface area contributed by atoms with E-state index in [0.717, 1.165) is 20.9 Å². The first kappa shape index (κ1) is 14.2. The Morgan fingerprint density at radius 1 is 1.29 bits per heavy atom. The van der Waals surface area contributed by atoms with Crippen molar-refractivity contribution in [2.24, 2.45) is 0 Å². The van der Waals surface area contributed by atoms with Crippen LogP contribution in [0.1, 0.15) is 16.3 Å². The summed E-state index contributed by atoms with van der Waals surface area (Å²) in [6.45, 7) is 4.12. The number of benzene rings is 1. The zero-order chi connectivity index (χ0) is 15.0. The third kappa shape index (κ3) is 2.82. The molecule has 0 fully saturated rings. The molecule has 1 aromatic carbocycles. The van der Waals surface area contributed by atoms with Crippen LogP contribution in [-0.4, -0.2) is 15.1 Å². The van der Waals surface area contributed by atoms with Gasteiger partial charge in [0.15, 0.2) is 0 Å². The molecule has 0 atom stereocenters. The molecule has 0 saturated heterocycles.